The van der Waals surface area contributed by atoms with Gasteiger partial charge in [-0.25, -0.2) is 9.50 Å². The van der Waals surface area contributed by atoms with Gasteiger partial charge in [0.15, 0.2) is 11.4 Å². The van der Waals surface area contributed by atoms with Gasteiger partial charge in [0.25, 0.3) is 0 Å². The van der Waals surface area contributed by atoms with E-state index >= 15 is 0 Å². The second kappa shape index (κ2) is 5.60. The summed E-state index contributed by atoms with van der Waals surface area (Å²) in [7, 11) is 0. The summed E-state index contributed by atoms with van der Waals surface area (Å²) >= 11 is 0. The topological polar surface area (TPSA) is 78.6 Å². The monoisotopic (exact) mass is 334 g/mol. The minimum Gasteiger partial charge on any atom is -0.472 e. The van der Waals surface area contributed by atoms with Crippen LogP contribution >= 0.6 is 0 Å². The van der Waals surface area contributed by atoms with Crippen LogP contribution in [0.2, 0.25) is 0 Å². The molecule has 0 unspecified atom stereocenters. The van der Waals surface area contributed by atoms with Crippen molar-refractivity contribution in [2.45, 2.75) is 31.4 Å². The van der Waals surface area contributed by atoms with E-state index in [1.165, 1.54) is 0 Å². The second-order valence-corrected chi connectivity index (χ2v) is 6.48. The van der Waals surface area contributed by atoms with Gasteiger partial charge in [0.1, 0.15) is 17.4 Å². The maximum absolute atomic E-state index is 6.10. The van der Waals surface area contributed by atoms with Gasteiger partial charge in [0.2, 0.25) is 5.88 Å². The number of aromatic nitrogens is 3. The molecule has 0 amide bonds. The lowest BCUT2D eigenvalue weighted by Crippen LogP contribution is -2.33. The van der Waals surface area contributed by atoms with Crippen LogP contribution in [0.5, 0.6) is 5.88 Å². The highest BCUT2D eigenvalue weighted by atomic mass is 16.5. The number of imidazole rings is 1. The Hall–Kier alpha value is -2.86. The predicted molar refractivity (Wildman–Crippen MR) is 94.4 cm³/mol. The maximum atomic E-state index is 6.10. The molecule has 1 fully saturated rings. The van der Waals surface area contributed by atoms with Crippen LogP contribution in [0, 0.1) is 0 Å². The Morgan fingerprint density at radius 1 is 1.16 bits per heavy atom. The fraction of sp³-hybridized carbons (Fsp3) is 0.263. The van der Waals surface area contributed by atoms with Crippen LogP contribution in [-0.4, -0.2) is 26.7 Å². The number of nitrogens with two attached hydrogens (primary N) is 1. The molecule has 2 N–H and O–H groups in total. The van der Waals surface area contributed by atoms with Gasteiger partial charge in [0.05, 0.1) is 6.20 Å². The molecule has 3 aromatic heterocycles. The van der Waals surface area contributed by atoms with Crippen LogP contribution in [0.4, 0.5) is 0 Å². The maximum Gasteiger partial charge on any atom is 0.232 e. The van der Waals surface area contributed by atoms with Gasteiger partial charge in [-0.15, -0.1) is 5.10 Å². The lowest BCUT2D eigenvalue weighted by Gasteiger charge is -2.16. The Morgan fingerprint density at radius 2 is 2.08 bits per heavy atom. The van der Waals surface area contributed by atoms with Crippen molar-refractivity contribution in [3.8, 4) is 17.3 Å². The highest BCUT2D eigenvalue weighted by Gasteiger charge is 2.26. The third kappa shape index (κ3) is 2.46. The summed E-state index contributed by atoms with van der Waals surface area (Å²) in [5.74, 6) is 1.29. The van der Waals surface area contributed by atoms with Crippen molar-refractivity contribution in [3.63, 3.8) is 0 Å². The van der Waals surface area contributed by atoms with Gasteiger partial charge in [-0.1, -0.05) is 18.2 Å². The molecule has 126 valence electrons. The van der Waals surface area contributed by atoms with Crippen molar-refractivity contribution >= 4 is 16.6 Å². The first-order chi connectivity index (χ1) is 12.3. The van der Waals surface area contributed by atoms with E-state index in [0.29, 0.717) is 5.88 Å². The number of nitrogens with zero attached hydrogens (tertiary/aromatic N) is 3. The van der Waals surface area contributed by atoms with E-state index in [1.54, 1.807) is 10.7 Å². The van der Waals surface area contributed by atoms with Gasteiger partial charge in [-0.3, -0.25) is 0 Å². The average Bonchev–Trinajstić information content (AvgIpc) is 3.33. The molecule has 6 heteroatoms. The first-order valence-electron chi connectivity index (χ1n) is 8.54. The van der Waals surface area contributed by atoms with Crippen molar-refractivity contribution < 1.29 is 9.15 Å². The van der Waals surface area contributed by atoms with E-state index in [4.69, 9.17) is 14.9 Å². The Morgan fingerprint density at radius 3 is 2.92 bits per heavy atom. The molecule has 5 rings (SSSR count). The highest BCUT2D eigenvalue weighted by Crippen LogP contribution is 2.29. The van der Waals surface area contributed by atoms with E-state index in [2.05, 4.69) is 10.1 Å². The summed E-state index contributed by atoms with van der Waals surface area (Å²) in [4.78, 5) is 4.41. The Kier molecular flexibility index (Phi) is 3.24. The molecule has 0 aliphatic heterocycles. The summed E-state index contributed by atoms with van der Waals surface area (Å²) in [5.41, 5.74) is 8.49. The van der Waals surface area contributed by atoms with Crippen molar-refractivity contribution in [2.24, 2.45) is 5.73 Å². The molecular weight excluding hydrogens is 316 g/mol. The standard InChI is InChI=1S/C19H18N4O2/c20-13-5-3-7-16(13)25-19-9-8-18-21-11-14(23(18)22-19)17-10-12-4-1-2-6-15(12)24-17/h1-2,4,6,8-11,13,16H,3,5,7,20H2/t13-,16-/m0/s1. The molecule has 1 saturated carbocycles. The molecule has 0 spiro atoms. The summed E-state index contributed by atoms with van der Waals surface area (Å²) in [5, 5.41) is 5.65. The quantitative estimate of drug-likeness (QED) is 0.621. The number of benzene rings is 1. The van der Waals surface area contributed by atoms with Crippen LogP contribution in [-0.2, 0) is 0 Å². The molecule has 6 nitrogen and oxygen atoms in total. The lowest BCUT2D eigenvalue weighted by atomic mass is 10.2. The Balaban J connectivity index is 1.55. The first-order valence-corrected chi connectivity index (χ1v) is 8.54. The van der Waals surface area contributed by atoms with E-state index in [1.807, 2.05) is 42.5 Å². The first kappa shape index (κ1) is 14.5. The zero-order chi connectivity index (χ0) is 16.8. The molecule has 1 aromatic carbocycles. The number of rotatable bonds is 3. The third-order valence-electron chi connectivity index (χ3n) is 4.79. The summed E-state index contributed by atoms with van der Waals surface area (Å²) < 4.78 is 13.7. The predicted octanol–water partition coefficient (Wildman–Crippen LogP) is 3.40. The number of para-hydroxylation sites is 1. The number of furan rings is 1. The summed E-state index contributed by atoms with van der Waals surface area (Å²) in [6.45, 7) is 0. The number of hydrogen-bond acceptors (Lipinski definition) is 5. The molecule has 3 heterocycles. The Labute approximate surface area is 144 Å². The minimum atomic E-state index is 0.0307. The van der Waals surface area contributed by atoms with Gasteiger partial charge in [0, 0.05) is 17.5 Å². The van der Waals surface area contributed by atoms with Crippen LogP contribution in [0.3, 0.4) is 0 Å². The molecule has 1 aliphatic carbocycles. The second-order valence-electron chi connectivity index (χ2n) is 6.48. The fourth-order valence-corrected chi connectivity index (χ4v) is 3.45. The normalized spacial score (nSPS) is 20.5. The number of ether oxygens (including phenoxy) is 1. The van der Waals surface area contributed by atoms with Crippen LogP contribution in [0.15, 0.2) is 53.1 Å². The third-order valence-corrected chi connectivity index (χ3v) is 4.79. The molecule has 1 aliphatic rings. The van der Waals surface area contributed by atoms with Crippen molar-refractivity contribution in [3.05, 3.63) is 48.7 Å². The number of hydrogen-bond donors (Lipinski definition) is 1. The molecule has 2 atom stereocenters. The lowest BCUT2D eigenvalue weighted by molar-refractivity contribution is 0.181. The molecule has 0 saturated heterocycles. The zero-order valence-electron chi connectivity index (χ0n) is 13.6. The molecule has 4 aromatic rings. The van der Waals surface area contributed by atoms with Crippen LogP contribution < -0.4 is 10.5 Å². The van der Waals surface area contributed by atoms with E-state index in [9.17, 15) is 0 Å². The van der Waals surface area contributed by atoms with E-state index < -0.39 is 0 Å². The smallest absolute Gasteiger partial charge is 0.232 e. The van der Waals surface area contributed by atoms with Gasteiger partial charge in [-0.2, -0.15) is 0 Å². The summed E-state index contributed by atoms with van der Waals surface area (Å²) in [6.07, 6.45) is 4.88. The number of fused-ring (bicyclic) bond motifs is 2. The largest absolute Gasteiger partial charge is 0.472 e. The van der Waals surface area contributed by atoms with E-state index in [-0.39, 0.29) is 12.1 Å². The molecular formula is C19H18N4O2. The molecule has 0 bridgehead atoms. The summed E-state index contributed by atoms with van der Waals surface area (Å²) in [6, 6.07) is 13.7. The van der Waals surface area contributed by atoms with Gasteiger partial charge < -0.3 is 14.9 Å². The van der Waals surface area contributed by atoms with Crippen molar-refractivity contribution in [2.75, 3.05) is 0 Å². The fourth-order valence-electron chi connectivity index (χ4n) is 3.45. The SMILES string of the molecule is N[C@H]1CCC[C@@H]1Oc1ccc2ncc(-c3cc4ccccc4o3)n2n1. The highest BCUT2D eigenvalue weighted by molar-refractivity contribution is 5.82. The van der Waals surface area contributed by atoms with Crippen molar-refractivity contribution in [1.29, 1.82) is 0 Å². The van der Waals surface area contributed by atoms with Gasteiger partial charge in [-0.05, 0) is 37.5 Å². The Bertz CT molecular complexity index is 1020. The van der Waals surface area contributed by atoms with Gasteiger partial charge >= 0.3 is 0 Å². The average molecular weight is 334 g/mol. The van der Waals surface area contributed by atoms with Crippen LogP contribution in [0.25, 0.3) is 28.1 Å². The van der Waals surface area contributed by atoms with Crippen LogP contribution in [0.1, 0.15) is 19.3 Å². The minimum absolute atomic E-state index is 0.0307. The molecule has 0 radical (unpaired) electrons. The molecule has 25 heavy (non-hydrogen) atoms. The van der Waals surface area contributed by atoms with E-state index in [0.717, 1.165) is 47.3 Å². The zero-order valence-corrected chi connectivity index (χ0v) is 13.6. The van der Waals surface area contributed by atoms with Crippen molar-refractivity contribution in [1.82, 2.24) is 14.6 Å².